The fourth-order valence-electron chi connectivity index (χ4n) is 1.68. The average molecular weight is 415 g/mol. The Bertz CT molecular complexity index is 569. The number of hydrogen-bond acceptors (Lipinski definition) is 2. The summed E-state index contributed by atoms with van der Waals surface area (Å²) in [5.74, 6) is 0.735. The van der Waals surface area contributed by atoms with Crippen molar-refractivity contribution in [3.8, 4) is 5.75 Å². The molecular formula is C14H12BrClNOY-. The third-order valence-corrected chi connectivity index (χ3v) is 3.78. The molecule has 1 radical (unpaired) electrons. The Kier molecular flexibility index (Phi) is 6.32. The number of allylic oxidation sites excluding steroid dienone is 3. The summed E-state index contributed by atoms with van der Waals surface area (Å²) in [4.78, 5) is 1.94. The van der Waals surface area contributed by atoms with E-state index in [4.69, 9.17) is 16.3 Å². The summed E-state index contributed by atoms with van der Waals surface area (Å²) < 4.78 is 6.05. The zero-order valence-electron chi connectivity index (χ0n) is 10.7. The zero-order valence-corrected chi connectivity index (χ0v) is 15.9. The molecule has 0 aromatic heterocycles. The number of rotatable bonds is 2. The molecule has 1 heterocycles. The van der Waals surface area contributed by atoms with Crippen LogP contribution in [0.1, 0.15) is 5.56 Å². The number of ether oxygens (including phenoxy) is 1. The Morgan fingerprint density at radius 3 is 2.68 bits per heavy atom. The number of halogens is 2. The first-order valence-electron chi connectivity index (χ1n) is 5.30. The minimum absolute atomic E-state index is 0. The van der Waals surface area contributed by atoms with E-state index >= 15 is 0 Å². The van der Waals surface area contributed by atoms with Crippen LogP contribution in [0.3, 0.4) is 0 Å². The Morgan fingerprint density at radius 2 is 2.11 bits per heavy atom. The van der Waals surface area contributed by atoms with Gasteiger partial charge >= 0.3 is 0 Å². The topological polar surface area (TPSA) is 12.5 Å². The van der Waals surface area contributed by atoms with E-state index in [9.17, 15) is 0 Å². The monoisotopic (exact) mass is 413 g/mol. The second kappa shape index (κ2) is 7.07. The largest absolute Gasteiger partial charge is 0.497 e. The third-order valence-electron chi connectivity index (χ3n) is 2.78. The van der Waals surface area contributed by atoms with Crippen LogP contribution in [0.2, 0.25) is 5.02 Å². The molecular weight excluding hydrogens is 402 g/mol. The molecule has 0 N–H and O–H groups in total. The van der Waals surface area contributed by atoms with Crippen molar-refractivity contribution in [2.45, 2.75) is 0 Å². The van der Waals surface area contributed by atoms with Crippen LogP contribution in [0.25, 0.3) is 5.70 Å². The van der Waals surface area contributed by atoms with E-state index in [-0.39, 0.29) is 32.7 Å². The smallest absolute Gasteiger partial charge is 0.118 e. The Labute approximate surface area is 152 Å². The van der Waals surface area contributed by atoms with Crippen LogP contribution in [0, 0.1) is 6.08 Å². The molecule has 1 aliphatic heterocycles. The molecule has 97 valence electrons. The summed E-state index contributed by atoms with van der Waals surface area (Å²) in [7, 11) is 3.55. The van der Waals surface area contributed by atoms with E-state index in [0.717, 1.165) is 27.2 Å². The molecule has 2 rings (SSSR count). The van der Waals surface area contributed by atoms with E-state index in [1.54, 1.807) is 13.2 Å². The van der Waals surface area contributed by atoms with Gasteiger partial charge in [0.2, 0.25) is 0 Å². The van der Waals surface area contributed by atoms with Crippen molar-refractivity contribution < 1.29 is 37.4 Å². The first kappa shape index (κ1) is 17.0. The maximum Gasteiger partial charge on any atom is 0.118 e. The number of methoxy groups -OCH3 is 1. The van der Waals surface area contributed by atoms with Crippen molar-refractivity contribution in [2.75, 3.05) is 14.2 Å². The molecule has 0 fully saturated rings. The molecule has 1 aromatic carbocycles. The van der Waals surface area contributed by atoms with Crippen LogP contribution >= 0.6 is 27.5 Å². The molecule has 2 nitrogen and oxygen atoms in total. The summed E-state index contributed by atoms with van der Waals surface area (Å²) >= 11 is 9.69. The van der Waals surface area contributed by atoms with Gasteiger partial charge in [0.05, 0.1) is 7.11 Å². The van der Waals surface area contributed by atoms with Crippen LogP contribution in [-0.2, 0) is 32.7 Å². The average Bonchev–Trinajstić information content (AvgIpc) is 2.37. The van der Waals surface area contributed by atoms with Gasteiger partial charge in [0.15, 0.2) is 0 Å². The van der Waals surface area contributed by atoms with Crippen LogP contribution in [0.4, 0.5) is 0 Å². The summed E-state index contributed by atoms with van der Waals surface area (Å²) in [5.41, 5.74) is 2.66. The number of benzene rings is 1. The van der Waals surface area contributed by atoms with Crippen LogP contribution in [0.15, 0.2) is 41.0 Å². The molecule has 0 atom stereocenters. The summed E-state index contributed by atoms with van der Waals surface area (Å²) in [5, 5.41) is 0.628. The van der Waals surface area contributed by atoms with Gasteiger partial charge in [-0.05, 0) is 22.9 Å². The molecule has 0 saturated carbocycles. The summed E-state index contributed by atoms with van der Waals surface area (Å²) in [6.07, 6.45) is 5.04. The Hall–Kier alpha value is -0.0861. The van der Waals surface area contributed by atoms with E-state index in [1.165, 1.54) is 0 Å². The number of nitrogens with zero attached hydrogens (tertiary/aromatic N) is 1. The quantitative estimate of drug-likeness (QED) is 0.672. The van der Waals surface area contributed by atoms with Gasteiger partial charge in [-0.25, -0.2) is 0 Å². The normalized spacial score (nSPS) is 14.5. The molecule has 0 unspecified atom stereocenters. The molecule has 5 heteroatoms. The van der Waals surface area contributed by atoms with Gasteiger partial charge in [-0.3, -0.25) is 0 Å². The van der Waals surface area contributed by atoms with Crippen molar-refractivity contribution in [2.24, 2.45) is 0 Å². The molecule has 0 amide bonds. The first-order chi connectivity index (χ1) is 8.54. The third kappa shape index (κ3) is 3.52. The second-order valence-electron chi connectivity index (χ2n) is 3.84. The van der Waals surface area contributed by atoms with Crippen molar-refractivity contribution in [1.82, 2.24) is 4.90 Å². The Morgan fingerprint density at radius 1 is 1.42 bits per heavy atom. The van der Waals surface area contributed by atoms with Crippen molar-refractivity contribution in [3.05, 3.63) is 57.7 Å². The minimum atomic E-state index is 0. The molecule has 1 aliphatic rings. The fourth-order valence-corrected chi connectivity index (χ4v) is 2.32. The maximum absolute atomic E-state index is 6.26. The predicted octanol–water partition coefficient (Wildman–Crippen LogP) is 4.23. The second-order valence-corrected chi connectivity index (χ2v) is 5.10. The predicted molar refractivity (Wildman–Crippen MR) is 78.6 cm³/mol. The summed E-state index contributed by atoms with van der Waals surface area (Å²) in [6.45, 7) is 4.00. The van der Waals surface area contributed by atoms with E-state index in [1.807, 2.05) is 30.2 Å². The van der Waals surface area contributed by atoms with Gasteiger partial charge in [-0.15, -0.1) is 22.0 Å². The number of likely N-dealkylation sites (N-methyl/N-ethyl adjacent to an activating group) is 1. The van der Waals surface area contributed by atoms with E-state index in [0.29, 0.717) is 5.02 Å². The van der Waals surface area contributed by atoms with Gasteiger partial charge in [-0.1, -0.05) is 33.9 Å². The standard InChI is InChI=1S/C14H12BrClNO.Y/c1-9-12(15)6-7-14(17(9)2)11-5-4-10(18-3)8-13(11)16;/h4-6,8H,1H2,2-3H3;/q-1;. The van der Waals surface area contributed by atoms with Gasteiger partial charge in [0, 0.05) is 39.8 Å². The maximum atomic E-state index is 6.26. The molecule has 0 aliphatic carbocycles. The van der Waals surface area contributed by atoms with Crippen molar-refractivity contribution >= 4 is 33.2 Å². The van der Waals surface area contributed by atoms with Crippen LogP contribution < -0.4 is 4.74 Å². The summed E-state index contributed by atoms with van der Waals surface area (Å²) in [6, 6.07) is 5.58. The SMILES string of the molecule is C=C1C(Br)=C[C-]=C(c2ccc(OC)cc2Cl)N1C.[Y]. The minimum Gasteiger partial charge on any atom is -0.497 e. The molecule has 0 bridgehead atoms. The van der Waals surface area contributed by atoms with Gasteiger partial charge < -0.3 is 9.64 Å². The van der Waals surface area contributed by atoms with Crippen LogP contribution in [0.5, 0.6) is 5.75 Å². The molecule has 1 aromatic rings. The van der Waals surface area contributed by atoms with Gasteiger partial charge in [0.25, 0.3) is 0 Å². The first-order valence-corrected chi connectivity index (χ1v) is 6.47. The van der Waals surface area contributed by atoms with Gasteiger partial charge in [-0.2, -0.15) is 12.2 Å². The van der Waals surface area contributed by atoms with Gasteiger partial charge in [0.1, 0.15) is 5.75 Å². The number of hydrogen-bond donors (Lipinski definition) is 0. The fraction of sp³-hybridized carbons (Fsp3) is 0.143. The molecule has 0 saturated heterocycles. The Balaban J connectivity index is 0.00000180. The zero-order chi connectivity index (χ0) is 13.3. The molecule has 0 spiro atoms. The van der Waals surface area contributed by atoms with Crippen molar-refractivity contribution in [3.63, 3.8) is 0 Å². The molecule has 19 heavy (non-hydrogen) atoms. The van der Waals surface area contributed by atoms with E-state index in [2.05, 4.69) is 28.6 Å². The van der Waals surface area contributed by atoms with Crippen molar-refractivity contribution in [1.29, 1.82) is 0 Å². The van der Waals surface area contributed by atoms with E-state index < -0.39 is 0 Å². The van der Waals surface area contributed by atoms with Crippen LogP contribution in [-0.4, -0.2) is 19.1 Å².